The fourth-order valence-electron chi connectivity index (χ4n) is 5.32. The summed E-state index contributed by atoms with van der Waals surface area (Å²) in [6.45, 7) is 2.86. The Hall–Kier alpha value is -3.25. The van der Waals surface area contributed by atoms with Crippen LogP contribution in [0.25, 0.3) is 0 Å². The number of hydrogen-bond donors (Lipinski definition) is 0. The lowest BCUT2D eigenvalue weighted by atomic mass is 9.89. The Kier molecular flexibility index (Phi) is 5.20. The first kappa shape index (κ1) is 21.6. The van der Waals surface area contributed by atoms with E-state index in [1.165, 1.54) is 19.2 Å². The molecule has 0 radical (unpaired) electrons. The van der Waals surface area contributed by atoms with Gasteiger partial charge >= 0.3 is 0 Å². The summed E-state index contributed by atoms with van der Waals surface area (Å²) in [6.07, 6.45) is 1.82. The number of amides is 1. The van der Waals surface area contributed by atoms with Gasteiger partial charge in [-0.3, -0.25) is 4.79 Å². The lowest BCUT2D eigenvalue weighted by Gasteiger charge is -2.38. The number of aromatic nitrogens is 1. The molecule has 7 nitrogen and oxygen atoms in total. The lowest BCUT2D eigenvalue weighted by Crippen LogP contribution is -2.50. The van der Waals surface area contributed by atoms with E-state index in [1.807, 2.05) is 0 Å². The van der Waals surface area contributed by atoms with Crippen LogP contribution in [0.5, 0.6) is 5.75 Å². The number of anilines is 1. The molecule has 1 spiro atoms. The van der Waals surface area contributed by atoms with Gasteiger partial charge in [-0.25, -0.2) is 13.8 Å². The highest BCUT2D eigenvalue weighted by Crippen LogP contribution is 2.48. The van der Waals surface area contributed by atoms with Crippen LogP contribution in [0.4, 0.5) is 14.6 Å². The number of nitriles is 1. The molecule has 4 heterocycles. The van der Waals surface area contributed by atoms with Crippen molar-refractivity contribution in [3.05, 3.63) is 52.7 Å². The Bertz CT molecular complexity index is 1140. The van der Waals surface area contributed by atoms with Crippen LogP contribution in [-0.4, -0.2) is 47.8 Å². The Morgan fingerprint density at radius 1 is 1.18 bits per heavy atom. The Balaban J connectivity index is 1.34. The van der Waals surface area contributed by atoms with Gasteiger partial charge in [-0.2, -0.15) is 5.26 Å². The summed E-state index contributed by atoms with van der Waals surface area (Å²) in [5, 5.41) is 9.33. The predicted molar refractivity (Wildman–Crippen MR) is 114 cm³/mol. The van der Waals surface area contributed by atoms with E-state index in [2.05, 4.69) is 16.0 Å². The van der Waals surface area contributed by atoms with E-state index >= 15 is 0 Å². The zero-order valence-corrected chi connectivity index (χ0v) is 18.5. The van der Waals surface area contributed by atoms with E-state index in [9.17, 15) is 18.8 Å². The molecule has 0 N–H and O–H groups in total. The topological polar surface area (TPSA) is 78.7 Å². The fourth-order valence-corrected chi connectivity index (χ4v) is 5.32. The quantitative estimate of drug-likeness (QED) is 0.705. The summed E-state index contributed by atoms with van der Waals surface area (Å²) < 4.78 is 39.2. The average molecular weight is 454 g/mol. The minimum atomic E-state index is -0.933. The number of hydrogen-bond acceptors (Lipinski definition) is 6. The van der Waals surface area contributed by atoms with Crippen LogP contribution in [0.3, 0.4) is 0 Å². The molecule has 5 rings (SSSR count). The van der Waals surface area contributed by atoms with Gasteiger partial charge in [-0.05, 0) is 37.5 Å². The number of rotatable bonds is 3. The summed E-state index contributed by atoms with van der Waals surface area (Å²) in [5.41, 5.74) is 0.527. The number of aryl methyl sites for hydroxylation is 1. The van der Waals surface area contributed by atoms with Crippen LogP contribution in [0.15, 0.2) is 24.3 Å². The third-order valence-electron chi connectivity index (χ3n) is 6.97. The molecule has 9 heteroatoms. The standard InChI is InChI=1S/C24H24F2N4O3/c1-14-18(13-27)20(32-2)12-21(28-14)29-7-5-24(6-8-29)23(31)30-19(3-4-22(30)33-24)15-9-16(25)11-17(26)10-15/h9-12,19,22H,3-8H2,1-2H3/t19-,22+/m0/s1. The van der Waals surface area contributed by atoms with Crippen LogP contribution < -0.4 is 9.64 Å². The second-order valence-electron chi connectivity index (χ2n) is 8.82. The zero-order valence-electron chi connectivity index (χ0n) is 18.5. The molecule has 2 aromatic rings. The number of carbonyl (C=O) groups excluding carboxylic acids is 1. The van der Waals surface area contributed by atoms with Gasteiger partial charge < -0.3 is 19.3 Å². The average Bonchev–Trinajstić information content (AvgIpc) is 3.31. The predicted octanol–water partition coefficient (Wildman–Crippen LogP) is 3.61. The van der Waals surface area contributed by atoms with Crippen molar-refractivity contribution in [3.8, 4) is 11.8 Å². The number of ether oxygens (including phenoxy) is 2. The van der Waals surface area contributed by atoms with Crippen LogP contribution in [0.2, 0.25) is 0 Å². The van der Waals surface area contributed by atoms with Gasteiger partial charge in [-0.15, -0.1) is 0 Å². The van der Waals surface area contributed by atoms with Crippen molar-refractivity contribution >= 4 is 11.7 Å². The van der Waals surface area contributed by atoms with E-state index in [1.54, 1.807) is 17.9 Å². The van der Waals surface area contributed by atoms with Gasteiger partial charge in [0.15, 0.2) is 5.60 Å². The van der Waals surface area contributed by atoms with Crippen molar-refractivity contribution in [1.82, 2.24) is 9.88 Å². The number of nitrogens with zero attached hydrogens (tertiary/aromatic N) is 4. The molecule has 3 aliphatic heterocycles. The SMILES string of the molecule is COc1cc(N2CCC3(CC2)O[C@@H]2CC[C@@H](c4cc(F)cc(F)c4)N2C3=O)nc(C)c1C#N. The molecule has 1 aromatic carbocycles. The smallest absolute Gasteiger partial charge is 0.257 e. The number of methoxy groups -OCH3 is 1. The van der Waals surface area contributed by atoms with Gasteiger partial charge in [0.1, 0.15) is 41.1 Å². The minimum Gasteiger partial charge on any atom is -0.495 e. The van der Waals surface area contributed by atoms with Gasteiger partial charge in [0.2, 0.25) is 0 Å². The lowest BCUT2D eigenvalue weighted by molar-refractivity contribution is -0.140. The third kappa shape index (κ3) is 3.49. The van der Waals surface area contributed by atoms with Gasteiger partial charge in [-0.1, -0.05) is 0 Å². The van der Waals surface area contributed by atoms with E-state index in [0.717, 1.165) is 6.07 Å². The molecular formula is C24H24F2N4O3. The van der Waals surface area contributed by atoms with Crippen LogP contribution in [-0.2, 0) is 9.53 Å². The van der Waals surface area contributed by atoms with Crippen molar-refractivity contribution in [3.63, 3.8) is 0 Å². The summed E-state index contributed by atoms with van der Waals surface area (Å²) in [6, 6.07) is 6.89. The van der Waals surface area contributed by atoms with E-state index in [-0.39, 0.29) is 12.1 Å². The molecule has 3 saturated heterocycles. The Morgan fingerprint density at radius 2 is 1.88 bits per heavy atom. The molecule has 33 heavy (non-hydrogen) atoms. The number of halogens is 2. The minimum absolute atomic E-state index is 0.110. The Morgan fingerprint density at radius 3 is 2.52 bits per heavy atom. The number of carbonyl (C=O) groups is 1. The second-order valence-corrected chi connectivity index (χ2v) is 8.82. The highest BCUT2D eigenvalue weighted by Gasteiger charge is 2.58. The summed E-state index contributed by atoms with van der Waals surface area (Å²) in [5.74, 6) is -0.244. The summed E-state index contributed by atoms with van der Waals surface area (Å²) >= 11 is 0. The first-order valence-electron chi connectivity index (χ1n) is 11.0. The van der Waals surface area contributed by atoms with E-state index in [0.29, 0.717) is 67.2 Å². The van der Waals surface area contributed by atoms with E-state index in [4.69, 9.17) is 9.47 Å². The normalized spacial score (nSPS) is 23.7. The van der Waals surface area contributed by atoms with E-state index < -0.39 is 23.3 Å². The van der Waals surface area contributed by atoms with Crippen molar-refractivity contribution in [2.45, 2.75) is 50.5 Å². The number of piperidine rings is 1. The molecular weight excluding hydrogens is 430 g/mol. The zero-order chi connectivity index (χ0) is 23.3. The number of benzene rings is 1. The maximum absolute atomic E-state index is 13.8. The monoisotopic (exact) mass is 454 g/mol. The highest BCUT2D eigenvalue weighted by molar-refractivity contribution is 5.88. The van der Waals surface area contributed by atoms with Gasteiger partial charge in [0, 0.05) is 38.1 Å². The maximum atomic E-state index is 13.8. The molecule has 2 atom stereocenters. The van der Waals surface area contributed by atoms with Crippen molar-refractivity contribution in [2.24, 2.45) is 0 Å². The molecule has 0 saturated carbocycles. The number of pyridine rings is 1. The van der Waals surface area contributed by atoms with Crippen LogP contribution in [0, 0.1) is 29.9 Å². The summed E-state index contributed by atoms with van der Waals surface area (Å²) in [7, 11) is 1.52. The molecule has 172 valence electrons. The molecule has 0 aliphatic carbocycles. The second kappa shape index (κ2) is 7.96. The fraction of sp³-hybridized carbons (Fsp3) is 0.458. The largest absolute Gasteiger partial charge is 0.495 e. The first-order valence-corrected chi connectivity index (χ1v) is 11.0. The number of fused-ring (bicyclic) bond motifs is 1. The van der Waals surface area contributed by atoms with Crippen molar-refractivity contribution < 1.29 is 23.0 Å². The molecule has 3 aliphatic rings. The van der Waals surface area contributed by atoms with Gasteiger partial charge in [0.25, 0.3) is 5.91 Å². The van der Waals surface area contributed by atoms with Crippen molar-refractivity contribution in [1.29, 1.82) is 5.26 Å². The van der Waals surface area contributed by atoms with Crippen LogP contribution in [0.1, 0.15) is 48.5 Å². The summed E-state index contributed by atoms with van der Waals surface area (Å²) in [4.78, 5) is 21.8. The van der Waals surface area contributed by atoms with Gasteiger partial charge in [0.05, 0.1) is 18.8 Å². The third-order valence-corrected chi connectivity index (χ3v) is 6.97. The molecule has 0 bridgehead atoms. The maximum Gasteiger partial charge on any atom is 0.257 e. The Labute approximate surface area is 190 Å². The highest BCUT2D eigenvalue weighted by atomic mass is 19.1. The van der Waals surface area contributed by atoms with Crippen LogP contribution >= 0.6 is 0 Å². The molecule has 0 unspecified atom stereocenters. The van der Waals surface area contributed by atoms with Crippen molar-refractivity contribution in [2.75, 3.05) is 25.1 Å². The molecule has 1 amide bonds. The molecule has 1 aromatic heterocycles. The first-order chi connectivity index (χ1) is 15.8. The molecule has 3 fully saturated rings.